The highest BCUT2D eigenvalue weighted by Crippen LogP contribution is 2.16. The largest absolute Gasteiger partial charge is 0.379 e. The lowest BCUT2D eigenvalue weighted by Gasteiger charge is -2.22. The monoisotopic (exact) mass is 141 g/mol. The second-order valence-electron chi connectivity index (χ2n) is 3.09. The Morgan fingerprint density at radius 1 is 1.50 bits per heavy atom. The van der Waals surface area contributed by atoms with Crippen LogP contribution in [0.4, 0.5) is 0 Å². The van der Waals surface area contributed by atoms with Crippen LogP contribution in [0.25, 0.3) is 0 Å². The van der Waals surface area contributed by atoms with E-state index in [9.17, 15) is 0 Å². The van der Waals surface area contributed by atoms with Gasteiger partial charge in [-0.3, -0.25) is 0 Å². The molecule has 0 aromatic carbocycles. The predicted molar refractivity (Wildman–Crippen MR) is 43.8 cm³/mol. The van der Waals surface area contributed by atoms with Crippen molar-refractivity contribution in [1.29, 1.82) is 0 Å². The number of hydrogen-bond donors (Lipinski definition) is 0. The molecule has 0 rings (SSSR count). The van der Waals surface area contributed by atoms with E-state index >= 15 is 0 Å². The Morgan fingerprint density at radius 3 is 2.50 bits per heavy atom. The number of unbranched alkanes of at least 4 members (excludes halogenated alkanes) is 1. The molecule has 0 aliphatic rings. The summed E-state index contributed by atoms with van der Waals surface area (Å²) in [7, 11) is 1.74. The number of allylic oxidation sites excluding steroid dienone is 1. The van der Waals surface area contributed by atoms with E-state index < -0.39 is 0 Å². The molecule has 1 nitrogen and oxygen atoms in total. The van der Waals surface area contributed by atoms with Gasteiger partial charge in [-0.25, -0.2) is 0 Å². The van der Waals surface area contributed by atoms with Crippen molar-refractivity contribution in [2.24, 2.45) is 0 Å². The van der Waals surface area contributed by atoms with Gasteiger partial charge in [0.1, 0.15) is 0 Å². The first-order valence-electron chi connectivity index (χ1n) is 3.71. The van der Waals surface area contributed by atoms with Crippen molar-refractivity contribution in [3.8, 4) is 0 Å². The summed E-state index contributed by atoms with van der Waals surface area (Å²) in [6, 6.07) is 0. The predicted octanol–water partition coefficient (Wildman–Crippen LogP) is 2.57. The molecule has 0 aromatic heterocycles. The fourth-order valence-corrected chi connectivity index (χ4v) is 0.748. The zero-order valence-corrected chi connectivity index (χ0v) is 7.18. The molecular formula is C9H17O. The highest BCUT2D eigenvalue weighted by atomic mass is 16.5. The quantitative estimate of drug-likeness (QED) is 0.535. The van der Waals surface area contributed by atoms with Crippen LogP contribution in [0.1, 0.15) is 33.1 Å². The molecule has 0 atom stereocenters. The van der Waals surface area contributed by atoms with Crippen molar-refractivity contribution in [3.05, 3.63) is 12.7 Å². The van der Waals surface area contributed by atoms with Crippen LogP contribution in [0, 0.1) is 6.58 Å². The molecular weight excluding hydrogens is 124 g/mol. The van der Waals surface area contributed by atoms with Crippen molar-refractivity contribution >= 4 is 0 Å². The Hall–Kier alpha value is -0.300. The summed E-state index contributed by atoms with van der Waals surface area (Å²) in [5.74, 6) is 0. The standard InChI is InChI=1S/C9H17O/c1-5-6-7-8-9(2,3)10-4/h1,5H,6-8H2,2-4H3. The summed E-state index contributed by atoms with van der Waals surface area (Å²) in [5.41, 5.74) is 0.0169. The van der Waals surface area contributed by atoms with Gasteiger partial charge in [-0.1, -0.05) is 12.7 Å². The van der Waals surface area contributed by atoms with Gasteiger partial charge in [0.15, 0.2) is 0 Å². The number of rotatable bonds is 5. The molecule has 1 heteroatoms. The van der Waals surface area contributed by atoms with Gasteiger partial charge in [0.05, 0.1) is 5.60 Å². The zero-order valence-electron chi connectivity index (χ0n) is 7.18. The average Bonchev–Trinajstić information content (AvgIpc) is 1.89. The van der Waals surface area contributed by atoms with Crippen molar-refractivity contribution in [2.75, 3.05) is 7.11 Å². The molecule has 0 fully saturated rings. The molecule has 0 saturated heterocycles. The first-order chi connectivity index (χ1) is 4.62. The maximum Gasteiger partial charge on any atom is 0.0622 e. The Labute approximate surface area is 64.1 Å². The van der Waals surface area contributed by atoms with Crippen LogP contribution in [-0.4, -0.2) is 12.7 Å². The lowest BCUT2D eigenvalue weighted by molar-refractivity contribution is 0.0141. The molecule has 0 aliphatic carbocycles. The van der Waals surface area contributed by atoms with E-state index in [0.717, 1.165) is 19.3 Å². The Kier molecular flexibility index (Phi) is 4.37. The fourth-order valence-electron chi connectivity index (χ4n) is 0.748. The van der Waals surface area contributed by atoms with Crippen LogP contribution in [0.2, 0.25) is 0 Å². The molecule has 0 amide bonds. The summed E-state index contributed by atoms with van der Waals surface area (Å²) in [6.45, 7) is 9.41. The summed E-state index contributed by atoms with van der Waals surface area (Å²) in [4.78, 5) is 0. The Bertz CT molecular complexity index is 94.9. The summed E-state index contributed by atoms with van der Waals surface area (Å²) in [6.07, 6.45) is 4.85. The maximum absolute atomic E-state index is 5.23. The van der Waals surface area contributed by atoms with Crippen molar-refractivity contribution in [1.82, 2.24) is 0 Å². The lowest BCUT2D eigenvalue weighted by Crippen LogP contribution is -2.21. The van der Waals surface area contributed by atoms with Gasteiger partial charge in [0, 0.05) is 7.11 Å². The minimum Gasteiger partial charge on any atom is -0.379 e. The van der Waals surface area contributed by atoms with Crippen molar-refractivity contribution < 1.29 is 4.74 Å². The summed E-state index contributed by atoms with van der Waals surface area (Å²) in [5, 5.41) is 0. The molecule has 59 valence electrons. The van der Waals surface area contributed by atoms with Gasteiger partial charge in [-0.15, -0.1) is 0 Å². The van der Waals surface area contributed by atoms with Crippen LogP contribution >= 0.6 is 0 Å². The molecule has 0 bridgehead atoms. The molecule has 10 heavy (non-hydrogen) atoms. The van der Waals surface area contributed by atoms with E-state index in [0.29, 0.717) is 0 Å². The van der Waals surface area contributed by atoms with Gasteiger partial charge in [-0.05, 0) is 33.1 Å². The third-order valence-electron chi connectivity index (χ3n) is 1.70. The molecule has 0 heterocycles. The van der Waals surface area contributed by atoms with Gasteiger partial charge in [0.2, 0.25) is 0 Å². The van der Waals surface area contributed by atoms with E-state index in [4.69, 9.17) is 11.3 Å². The minimum absolute atomic E-state index is 0.0169. The van der Waals surface area contributed by atoms with Crippen LogP contribution in [0.5, 0.6) is 0 Å². The average molecular weight is 141 g/mol. The van der Waals surface area contributed by atoms with E-state index in [1.807, 2.05) is 0 Å². The highest BCUT2D eigenvalue weighted by molar-refractivity contribution is 4.70. The van der Waals surface area contributed by atoms with E-state index in [1.54, 1.807) is 13.2 Å². The first kappa shape index (κ1) is 9.70. The number of hydrogen-bond acceptors (Lipinski definition) is 1. The van der Waals surface area contributed by atoms with E-state index in [-0.39, 0.29) is 5.60 Å². The molecule has 0 aliphatic heterocycles. The number of methoxy groups -OCH3 is 1. The lowest BCUT2D eigenvalue weighted by atomic mass is 10.0. The minimum atomic E-state index is 0.0169. The SMILES string of the molecule is [CH]=CCCCC(C)(C)OC. The van der Waals surface area contributed by atoms with Crippen LogP contribution in [0.3, 0.4) is 0 Å². The van der Waals surface area contributed by atoms with Gasteiger partial charge in [-0.2, -0.15) is 0 Å². The zero-order chi connectivity index (χ0) is 8.04. The first-order valence-corrected chi connectivity index (χ1v) is 3.71. The highest BCUT2D eigenvalue weighted by Gasteiger charge is 2.14. The summed E-state index contributed by atoms with van der Waals surface area (Å²) < 4.78 is 5.23. The van der Waals surface area contributed by atoms with Crippen molar-refractivity contribution in [2.45, 2.75) is 38.7 Å². The second-order valence-corrected chi connectivity index (χ2v) is 3.09. The van der Waals surface area contributed by atoms with Gasteiger partial charge >= 0.3 is 0 Å². The second kappa shape index (κ2) is 4.51. The van der Waals surface area contributed by atoms with Crippen LogP contribution < -0.4 is 0 Å². The normalized spacial score (nSPS) is 11.5. The fraction of sp³-hybridized carbons (Fsp3) is 0.778. The molecule has 0 spiro atoms. The van der Waals surface area contributed by atoms with Crippen molar-refractivity contribution in [3.63, 3.8) is 0 Å². The smallest absolute Gasteiger partial charge is 0.0622 e. The Morgan fingerprint density at radius 2 is 2.10 bits per heavy atom. The summed E-state index contributed by atoms with van der Waals surface area (Å²) >= 11 is 0. The molecule has 0 N–H and O–H groups in total. The third kappa shape index (κ3) is 4.57. The Balaban J connectivity index is 3.36. The molecule has 0 unspecified atom stereocenters. The van der Waals surface area contributed by atoms with Gasteiger partial charge < -0.3 is 4.74 Å². The third-order valence-corrected chi connectivity index (χ3v) is 1.70. The van der Waals surface area contributed by atoms with Gasteiger partial charge in [0.25, 0.3) is 0 Å². The molecule has 0 aromatic rings. The van der Waals surface area contributed by atoms with E-state index in [1.165, 1.54) is 0 Å². The maximum atomic E-state index is 5.23. The van der Waals surface area contributed by atoms with Crippen LogP contribution in [-0.2, 0) is 4.74 Å². The van der Waals surface area contributed by atoms with Crippen LogP contribution in [0.15, 0.2) is 6.08 Å². The number of ether oxygens (including phenoxy) is 1. The molecule has 1 radical (unpaired) electrons. The topological polar surface area (TPSA) is 9.23 Å². The molecule has 0 saturated carbocycles. The van der Waals surface area contributed by atoms with E-state index in [2.05, 4.69) is 13.8 Å².